The van der Waals surface area contributed by atoms with Crippen molar-refractivity contribution in [3.8, 4) is 0 Å². The molecule has 0 saturated heterocycles. The predicted octanol–water partition coefficient (Wildman–Crippen LogP) is 19.6. The first-order chi connectivity index (χ1) is 33.5. The highest BCUT2D eigenvalue weighted by Gasteiger charge is 2.19. The van der Waals surface area contributed by atoms with Crippen molar-refractivity contribution in [3.05, 3.63) is 60.8 Å². The van der Waals surface area contributed by atoms with Crippen LogP contribution in [0.1, 0.15) is 297 Å². The number of unbranched alkanes of at least 4 members (excludes halogenated alkanes) is 32. The molecule has 0 aliphatic heterocycles. The average molecular weight is 952 g/mol. The van der Waals surface area contributed by atoms with Gasteiger partial charge in [0.1, 0.15) is 13.2 Å². The van der Waals surface area contributed by atoms with Gasteiger partial charge in [0.05, 0.1) is 0 Å². The van der Waals surface area contributed by atoms with E-state index in [0.29, 0.717) is 19.3 Å². The second-order valence-corrected chi connectivity index (χ2v) is 19.5. The summed E-state index contributed by atoms with van der Waals surface area (Å²) in [6.45, 7) is 6.52. The van der Waals surface area contributed by atoms with Gasteiger partial charge in [-0.05, 0) is 64.2 Å². The van der Waals surface area contributed by atoms with Crippen LogP contribution in [0.2, 0.25) is 0 Å². The number of allylic oxidation sites excluding steroid dienone is 10. The summed E-state index contributed by atoms with van der Waals surface area (Å²) >= 11 is 0. The Kier molecular flexibility index (Phi) is 54.3. The molecule has 0 heterocycles. The summed E-state index contributed by atoms with van der Waals surface area (Å²) in [6, 6.07) is 0. The molecule has 0 aromatic heterocycles. The standard InChI is InChI=1S/C62H110O6/c1-4-7-10-13-16-19-21-23-25-27-29-31-33-34-36-38-40-43-46-49-52-55-61(64)67-58-59(57-66-60(63)54-51-48-45-42-18-15-12-9-6-3)68-62(65)56-53-50-47-44-41-39-37-35-32-30-28-26-24-22-20-17-14-11-8-5-2/h7,10,16,19,23,25,29,31,34,36,59H,4-6,8-9,11-15,17-18,20-22,24,26-28,30,32-33,35,37-58H2,1-3H3/b10-7-,19-16-,25-23-,31-29-,36-34-. The lowest BCUT2D eigenvalue weighted by Crippen LogP contribution is -2.30. The first-order valence-corrected chi connectivity index (χ1v) is 29.3. The molecule has 1 unspecified atom stereocenters. The molecule has 0 amide bonds. The summed E-state index contributed by atoms with van der Waals surface area (Å²) in [5.74, 6) is -0.885. The van der Waals surface area contributed by atoms with Crippen LogP contribution in [0.4, 0.5) is 0 Å². The van der Waals surface area contributed by atoms with Gasteiger partial charge in [-0.1, -0.05) is 274 Å². The fraction of sp³-hybridized carbons (Fsp3) is 0.790. The van der Waals surface area contributed by atoms with Crippen LogP contribution in [-0.2, 0) is 28.6 Å². The average Bonchev–Trinajstić information content (AvgIpc) is 3.34. The Morgan fingerprint density at radius 1 is 0.309 bits per heavy atom. The van der Waals surface area contributed by atoms with E-state index in [2.05, 4.69) is 81.5 Å². The lowest BCUT2D eigenvalue weighted by molar-refractivity contribution is -0.167. The Morgan fingerprint density at radius 3 is 0.897 bits per heavy atom. The molecule has 6 heteroatoms. The molecule has 0 radical (unpaired) electrons. The molecular weight excluding hydrogens is 841 g/mol. The van der Waals surface area contributed by atoms with Crippen LogP contribution in [-0.4, -0.2) is 37.2 Å². The SMILES string of the molecule is CC/C=C\C/C=C\C/C=C\C/C=C\C/C=C\CCCCCCCC(=O)OCC(COC(=O)CCCCCCCCCCC)OC(=O)CCCCCCCCCCCCCCCCCCCCCC. The fourth-order valence-corrected chi connectivity index (χ4v) is 8.41. The number of carbonyl (C=O) groups excluding carboxylic acids is 3. The molecule has 68 heavy (non-hydrogen) atoms. The van der Waals surface area contributed by atoms with Gasteiger partial charge >= 0.3 is 17.9 Å². The molecule has 394 valence electrons. The van der Waals surface area contributed by atoms with Gasteiger partial charge in [-0.15, -0.1) is 0 Å². The number of hydrogen-bond acceptors (Lipinski definition) is 6. The van der Waals surface area contributed by atoms with Gasteiger partial charge in [-0.2, -0.15) is 0 Å². The zero-order valence-electron chi connectivity index (χ0n) is 45.1. The Bertz CT molecular complexity index is 1230. The van der Waals surface area contributed by atoms with E-state index >= 15 is 0 Å². The Hall–Kier alpha value is -2.89. The van der Waals surface area contributed by atoms with Crippen LogP contribution < -0.4 is 0 Å². The third-order valence-corrected chi connectivity index (χ3v) is 12.8. The van der Waals surface area contributed by atoms with Gasteiger partial charge in [0, 0.05) is 19.3 Å². The first kappa shape index (κ1) is 65.1. The zero-order valence-corrected chi connectivity index (χ0v) is 45.1. The molecule has 0 fully saturated rings. The largest absolute Gasteiger partial charge is 0.462 e. The summed E-state index contributed by atoms with van der Waals surface area (Å²) in [6.07, 6.45) is 70.8. The number of ether oxygens (including phenoxy) is 3. The summed E-state index contributed by atoms with van der Waals surface area (Å²) in [4.78, 5) is 38.1. The summed E-state index contributed by atoms with van der Waals surface area (Å²) in [5.41, 5.74) is 0. The number of esters is 3. The van der Waals surface area contributed by atoms with Gasteiger partial charge in [0.15, 0.2) is 6.10 Å². The molecule has 0 aromatic rings. The highest BCUT2D eigenvalue weighted by molar-refractivity contribution is 5.71. The van der Waals surface area contributed by atoms with E-state index in [1.54, 1.807) is 0 Å². The van der Waals surface area contributed by atoms with Crippen molar-refractivity contribution < 1.29 is 28.6 Å². The van der Waals surface area contributed by atoms with Crippen LogP contribution in [0.5, 0.6) is 0 Å². The van der Waals surface area contributed by atoms with E-state index < -0.39 is 6.10 Å². The van der Waals surface area contributed by atoms with Crippen molar-refractivity contribution in [1.82, 2.24) is 0 Å². The Morgan fingerprint density at radius 2 is 0.574 bits per heavy atom. The van der Waals surface area contributed by atoms with E-state index in [4.69, 9.17) is 14.2 Å². The van der Waals surface area contributed by atoms with Crippen LogP contribution in [0.3, 0.4) is 0 Å². The van der Waals surface area contributed by atoms with Crippen LogP contribution in [0.25, 0.3) is 0 Å². The second-order valence-electron chi connectivity index (χ2n) is 19.5. The van der Waals surface area contributed by atoms with E-state index in [1.165, 1.54) is 148 Å². The number of rotatable bonds is 53. The smallest absolute Gasteiger partial charge is 0.306 e. The minimum Gasteiger partial charge on any atom is -0.462 e. The van der Waals surface area contributed by atoms with Crippen LogP contribution in [0, 0.1) is 0 Å². The molecule has 0 N–H and O–H groups in total. The van der Waals surface area contributed by atoms with Crippen LogP contribution >= 0.6 is 0 Å². The lowest BCUT2D eigenvalue weighted by Gasteiger charge is -2.18. The highest BCUT2D eigenvalue weighted by atomic mass is 16.6. The van der Waals surface area contributed by atoms with Crippen molar-refractivity contribution in [2.45, 2.75) is 303 Å². The van der Waals surface area contributed by atoms with Gasteiger partial charge < -0.3 is 14.2 Å². The van der Waals surface area contributed by atoms with Gasteiger partial charge in [-0.3, -0.25) is 14.4 Å². The molecule has 0 aliphatic rings. The zero-order chi connectivity index (χ0) is 49.3. The lowest BCUT2D eigenvalue weighted by atomic mass is 10.0. The third kappa shape index (κ3) is 54.1. The predicted molar refractivity (Wildman–Crippen MR) is 293 cm³/mol. The maximum Gasteiger partial charge on any atom is 0.306 e. The van der Waals surface area contributed by atoms with Crippen molar-refractivity contribution in [2.75, 3.05) is 13.2 Å². The molecule has 0 aliphatic carbocycles. The maximum absolute atomic E-state index is 12.8. The number of hydrogen-bond donors (Lipinski definition) is 0. The first-order valence-electron chi connectivity index (χ1n) is 29.3. The Balaban J connectivity index is 4.28. The van der Waals surface area contributed by atoms with Gasteiger partial charge in [-0.25, -0.2) is 0 Å². The van der Waals surface area contributed by atoms with E-state index in [-0.39, 0.29) is 31.1 Å². The van der Waals surface area contributed by atoms with E-state index in [9.17, 15) is 14.4 Å². The summed E-state index contributed by atoms with van der Waals surface area (Å²) < 4.78 is 16.8. The molecule has 0 aromatic carbocycles. The van der Waals surface area contributed by atoms with E-state index in [1.807, 2.05) is 0 Å². The molecular formula is C62H110O6. The van der Waals surface area contributed by atoms with Gasteiger partial charge in [0.2, 0.25) is 0 Å². The summed E-state index contributed by atoms with van der Waals surface area (Å²) in [5, 5.41) is 0. The van der Waals surface area contributed by atoms with Crippen molar-refractivity contribution >= 4 is 17.9 Å². The van der Waals surface area contributed by atoms with Crippen LogP contribution in [0.15, 0.2) is 60.8 Å². The van der Waals surface area contributed by atoms with Gasteiger partial charge in [0.25, 0.3) is 0 Å². The molecule has 0 rings (SSSR count). The summed E-state index contributed by atoms with van der Waals surface area (Å²) in [7, 11) is 0. The topological polar surface area (TPSA) is 78.9 Å². The normalized spacial score (nSPS) is 12.5. The molecule has 0 spiro atoms. The Labute approximate surface area is 421 Å². The quantitative estimate of drug-likeness (QED) is 0.0262. The van der Waals surface area contributed by atoms with Crippen molar-refractivity contribution in [3.63, 3.8) is 0 Å². The highest BCUT2D eigenvalue weighted by Crippen LogP contribution is 2.17. The third-order valence-electron chi connectivity index (χ3n) is 12.8. The second kappa shape index (κ2) is 56.7. The molecule has 0 saturated carbocycles. The minimum absolute atomic E-state index is 0.0770. The van der Waals surface area contributed by atoms with E-state index in [0.717, 1.165) is 109 Å². The number of carbonyl (C=O) groups is 3. The monoisotopic (exact) mass is 951 g/mol. The van der Waals surface area contributed by atoms with Crippen molar-refractivity contribution in [1.29, 1.82) is 0 Å². The molecule has 1 atom stereocenters. The maximum atomic E-state index is 12.8. The molecule has 6 nitrogen and oxygen atoms in total. The minimum atomic E-state index is -0.778. The van der Waals surface area contributed by atoms with Crippen molar-refractivity contribution in [2.24, 2.45) is 0 Å². The molecule has 0 bridgehead atoms. The fourth-order valence-electron chi connectivity index (χ4n) is 8.41.